The van der Waals surface area contributed by atoms with Crippen molar-refractivity contribution in [1.82, 2.24) is 39.3 Å². The normalized spacial score (nSPS) is 13.4. The number of imide groups is 1. The minimum atomic E-state index is -1.35. The van der Waals surface area contributed by atoms with Crippen LogP contribution in [0.5, 0.6) is 5.75 Å². The molecule has 79 heavy (non-hydrogen) atoms. The first-order valence-corrected chi connectivity index (χ1v) is 25.5. The average Bonchev–Trinajstić information content (AvgIpc) is 4.29. The zero-order valence-electron chi connectivity index (χ0n) is 43.4. The smallest absolute Gasteiger partial charge is 0.317 e. The highest BCUT2D eigenvalue weighted by molar-refractivity contribution is 7.16. The number of ketones is 1. The molecule has 0 fully saturated rings. The zero-order chi connectivity index (χ0) is 57.2. The molecule has 2 atom stereocenters. The van der Waals surface area contributed by atoms with Gasteiger partial charge in [-0.05, 0) is 37.5 Å². The number of imidazole rings is 1. The van der Waals surface area contributed by atoms with Crippen molar-refractivity contribution in [3.8, 4) is 5.75 Å². The first-order valence-electron chi connectivity index (χ1n) is 24.6. The molecule has 0 unspecified atom stereocenters. The van der Waals surface area contributed by atoms with Crippen molar-refractivity contribution in [3.63, 3.8) is 0 Å². The minimum absolute atomic E-state index is 0.00241. The number of primary amides is 2. The van der Waals surface area contributed by atoms with E-state index in [1.165, 1.54) is 25.3 Å². The molecule has 7 amide bonds. The second-order valence-corrected chi connectivity index (χ2v) is 18.8. The fourth-order valence-corrected chi connectivity index (χ4v) is 9.19. The van der Waals surface area contributed by atoms with E-state index in [1.807, 2.05) is 6.92 Å². The lowest BCUT2D eigenvalue weighted by Gasteiger charge is -2.20. The van der Waals surface area contributed by atoms with Crippen LogP contribution in [0.15, 0.2) is 62.5 Å². The predicted molar refractivity (Wildman–Crippen MR) is 277 cm³/mol. The first-order chi connectivity index (χ1) is 37.6. The number of nitrogens with one attached hydrogen (secondary N) is 2. The number of fused-ring (bicyclic) bond motifs is 2. The Hall–Kier alpha value is -9.47. The zero-order valence-corrected chi connectivity index (χ0v) is 44.2. The Labute approximate surface area is 451 Å². The van der Waals surface area contributed by atoms with E-state index in [4.69, 9.17) is 29.8 Å². The van der Waals surface area contributed by atoms with Crippen LogP contribution in [0.4, 0.5) is 5.95 Å². The number of aliphatic carboxylic acids is 1. The van der Waals surface area contributed by atoms with E-state index in [1.54, 1.807) is 48.1 Å². The summed E-state index contributed by atoms with van der Waals surface area (Å²) < 4.78 is 26.6. The van der Waals surface area contributed by atoms with Crippen molar-refractivity contribution >= 4 is 97.7 Å². The number of nitrogens with zero attached hydrogens (tertiary/aromatic N) is 8. The molecule has 27 nitrogen and oxygen atoms in total. The van der Waals surface area contributed by atoms with Crippen LogP contribution in [0.2, 0.25) is 0 Å². The molecule has 0 spiro atoms. The number of allylic oxidation sites excluding steroid dienone is 2. The molecule has 0 radical (unpaired) electrons. The number of oxazole rings is 2. The van der Waals surface area contributed by atoms with Gasteiger partial charge in [0.25, 0.3) is 17.7 Å². The number of carbonyl (C=O) groups excluding carboxylic acids is 9. The van der Waals surface area contributed by atoms with Gasteiger partial charge in [0.05, 0.1) is 52.3 Å². The predicted octanol–water partition coefficient (Wildman–Crippen LogP) is 2.79. The quantitative estimate of drug-likeness (QED) is 0.0226. The van der Waals surface area contributed by atoms with Crippen molar-refractivity contribution < 1.29 is 71.4 Å². The monoisotopic (exact) mass is 1110 g/mol. The van der Waals surface area contributed by atoms with Crippen molar-refractivity contribution in [3.05, 3.63) is 99.3 Å². The topological polar surface area (TPSA) is 389 Å². The van der Waals surface area contributed by atoms with E-state index in [0.717, 1.165) is 23.5 Å². The van der Waals surface area contributed by atoms with E-state index < -0.39 is 90.4 Å². The summed E-state index contributed by atoms with van der Waals surface area (Å²) in [5, 5.41) is 14.4. The highest BCUT2D eigenvalue weighted by atomic mass is 32.1. The van der Waals surface area contributed by atoms with Crippen LogP contribution in [0.25, 0.3) is 21.4 Å². The maximum absolute atomic E-state index is 13.8. The van der Waals surface area contributed by atoms with Crippen molar-refractivity contribution in [2.45, 2.75) is 92.3 Å². The second-order valence-electron chi connectivity index (χ2n) is 17.8. The van der Waals surface area contributed by atoms with Crippen molar-refractivity contribution in [2.24, 2.45) is 22.4 Å². The van der Waals surface area contributed by atoms with Gasteiger partial charge in [-0.25, -0.2) is 19.9 Å². The largest absolute Gasteiger partial charge is 0.491 e. The number of Topliss-reactive ketones (excluding diaryl/α,β-unsaturated/α-hetero) is 1. The van der Waals surface area contributed by atoms with E-state index in [0.29, 0.717) is 50.9 Å². The molecule has 6 heterocycles. The molecule has 0 saturated heterocycles. The SMILES string of the molecule is CCc1nc(C)oc1C(=O)N=c1sc2cc(C(N)=O)cnc2n1C/C=C/Cn1c(NC(=O)c2oc(C)nc2CC)nc2cc(C(N)=O)cc(OCCCOC(=O)[C@H](C)CC(=O)[C@H](CCC(=O)O)NC(=O)CN3C(=O)C=CC3=O)c21. The number of amides is 7. The lowest BCUT2D eigenvalue weighted by molar-refractivity contribution is -0.150. The Balaban J connectivity index is 1.10. The summed E-state index contributed by atoms with van der Waals surface area (Å²) in [4.78, 5) is 149. The van der Waals surface area contributed by atoms with Gasteiger partial charge in [-0.2, -0.15) is 4.99 Å². The van der Waals surface area contributed by atoms with Crippen LogP contribution in [-0.4, -0.2) is 124 Å². The van der Waals surface area contributed by atoms with Gasteiger partial charge in [-0.15, -0.1) is 0 Å². The number of esters is 1. The lowest BCUT2D eigenvalue weighted by Crippen LogP contribution is -2.47. The van der Waals surface area contributed by atoms with Gasteiger partial charge < -0.3 is 44.8 Å². The first kappa shape index (κ1) is 57.2. The lowest BCUT2D eigenvalue weighted by atomic mass is 9.97. The minimum Gasteiger partial charge on any atom is -0.491 e. The number of ether oxygens (including phenoxy) is 2. The molecule has 0 bridgehead atoms. The number of hydrogen-bond donors (Lipinski definition) is 5. The summed E-state index contributed by atoms with van der Waals surface area (Å²) >= 11 is 1.09. The van der Waals surface area contributed by atoms with Gasteiger partial charge in [0.1, 0.15) is 17.8 Å². The van der Waals surface area contributed by atoms with E-state index >= 15 is 0 Å². The van der Waals surface area contributed by atoms with E-state index in [9.17, 15) is 53.1 Å². The maximum atomic E-state index is 13.8. The average molecular weight is 1110 g/mol. The summed E-state index contributed by atoms with van der Waals surface area (Å²) in [7, 11) is 0. The molecule has 7 rings (SSSR count). The van der Waals surface area contributed by atoms with E-state index in [-0.39, 0.29) is 89.7 Å². The highest BCUT2D eigenvalue weighted by Crippen LogP contribution is 2.32. The Bertz CT molecular complexity index is 3560. The van der Waals surface area contributed by atoms with Crippen LogP contribution < -0.4 is 31.6 Å². The van der Waals surface area contributed by atoms with Gasteiger partial charge in [0.15, 0.2) is 28.0 Å². The Morgan fingerprint density at radius 3 is 2.15 bits per heavy atom. The van der Waals surface area contributed by atoms with Crippen LogP contribution in [0, 0.1) is 19.8 Å². The maximum Gasteiger partial charge on any atom is 0.317 e. The Morgan fingerprint density at radius 1 is 0.861 bits per heavy atom. The summed E-state index contributed by atoms with van der Waals surface area (Å²) in [6.07, 6.45) is 6.28. The molecule has 1 aliphatic rings. The van der Waals surface area contributed by atoms with Gasteiger partial charge in [0.2, 0.25) is 35.2 Å². The second kappa shape index (κ2) is 25.1. The number of aromatic nitrogens is 6. The molecular weight excluding hydrogens is 1050 g/mol. The van der Waals surface area contributed by atoms with Crippen molar-refractivity contribution in [2.75, 3.05) is 25.1 Å². The molecular formula is C51H54N12O15S. The van der Waals surface area contributed by atoms with Crippen LogP contribution in [0.3, 0.4) is 0 Å². The van der Waals surface area contributed by atoms with E-state index in [2.05, 4.69) is 35.6 Å². The molecule has 0 aliphatic carbocycles. The standard InChI is InChI=1S/C51H54N12O15S/c1-6-30-42(77-26(4)55-30)47(72)59-50-58-33-20-28(44(52)70)21-35(75-17-10-18-76-49(74)25(3)19-34(64)32(11-14-40(68)69)57-37(65)24-63-38(66)12-13-39(63)67)41(33)61(50)15-8-9-16-62-46-36(22-29(23-54-46)45(53)71)79-51(62)60-48(73)43-31(7-2)56-27(5)78-43/h8-9,12-13,20-23,25,32H,6-7,10-11,14-19,24H2,1-5H3,(H2,52,70)(H2,53,71)(H,57,65)(H,68,69)(H,58,59,72)/b9-8+,60-51?/t25-,32+/m1/s1. The Morgan fingerprint density at radius 2 is 1.51 bits per heavy atom. The number of pyridine rings is 1. The number of hydrogen-bond acceptors (Lipinski definition) is 19. The molecule has 5 aromatic heterocycles. The van der Waals surface area contributed by atoms with Gasteiger partial charge in [0, 0.05) is 70.1 Å². The number of rotatable bonds is 26. The fourth-order valence-electron chi connectivity index (χ4n) is 8.15. The summed E-state index contributed by atoms with van der Waals surface area (Å²) in [6, 6.07) is 2.98. The third-order valence-electron chi connectivity index (χ3n) is 12.0. The number of aryl methyl sites for hydroxylation is 4. The molecule has 6 aromatic rings. The van der Waals surface area contributed by atoms with Gasteiger partial charge in [-0.1, -0.05) is 44.3 Å². The van der Waals surface area contributed by atoms with Crippen LogP contribution >= 0.6 is 11.3 Å². The number of thiazole rings is 1. The number of carbonyl (C=O) groups is 10. The summed E-state index contributed by atoms with van der Waals surface area (Å²) in [5.74, 6) is -8.45. The molecule has 28 heteroatoms. The fraction of sp³-hybridized carbons (Fsp3) is 0.353. The molecule has 1 aliphatic heterocycles. The van der Waals surface area contributed by atoms with Crippen molar-refractivity contribution in [1.29, 1.82) is 0 Å². The number of anilines is 1. The molecule has 1 aromatic carbocycles. The molecule has 0 saturated carbocycles. The summed E-state index contributed by atoms with van der Waals surface area (Å²) in [6.45, 7) is 7.26. The molecule has 7 N–H and O–H groups in total. The molecule has 414 valence electrons. The van der Waals surface area contributed by atoms with Gasteiger partial charge >= 0.3 is 17.8 Å². The van der Waals surface area contributed by atoms with Crippen LogP contribution in [0.1, 0.15) is 111 Å². The Kier molecular flexibility index (Phi) is 18.2. The summed E-state index contributed by atoms with van der Waals surface area (Å²) in [5.41, 5.74) is 13.1. The highest BCUT2D eigenvalue weighted by Gasteiger charge is 2.31. The number of carboxylic acids is 1. The van der Waals surface area contributed by atoms with Crippen LogP contribution in [-0.2, 0) is 59.4 Å². The third kappa shape index (κ3) is 13.7. The number of nitrogens with two attached hydrogens (primary N) is 2. The third-order valence-corrected chi connectivity index (χ3v) is 13.0. The number of benzene rings is 1. The number of carboxylic acid groups (broad SMARTS) is 1. The van der Waals surface area contributed by atoms with Gasteiger partial charge in [-0.3, -0.25) is 62.7 Å².